The zero-order chi connectivity index (χ0) is 12.8. The summed E-state index contributed by atoms with van der Waals surface area (Å²) < 4.78 is 4.65. The highest BCUT2D eigenvalue weighted by atomic mass is 32.2. The first-order valence-corrected chi connectivity index (χ1v) is 6.57. The Balaban J connectivity index is 2.90. The van der Waals surface area contributed by atoms with Gasteiger partial charge in [-0.3, -0.25) is 0 Å². The van der Waals surface area contributed by atoms with Crippen LogP contribution in [0, 0.1) is 0 Å². The van der Waals surface area contributed by atoms with Gasteiger partial charge in [0.15, 0.2) is 0 Å². The van der Waals surface area contributed by atoms with Crippen LogP contribution in [0.1, 0.15) is 17.3 Å². The predicted octanol–water partition coefficient (Wildman–Crippen LogP) is 1.61. The second kappa shape index (κ2) is 6.34. The van der Waals surface area contributed by atoms with Gasteiger partial charge in [-0.05, 0) is 19.2 Å². The fourth-order valence-corrected chi connectivity index (χ4v) is 1.98. The molecule has 0 bridgehead atoms. The second-order valence-electron chi connectivity index (χ2n) is 3.61. The van der Waals surface area contributed by atoms with E-state index >= 15 is 0 Å². The Bertz CT molecular complexity index is 398. The lowest BCUT2D eigenvalue weighted by Gasteiger charge is -2.15. The van der Waals surface area contributed by atoms with Crippen LogP contribution in [0.25, 0.3) is 0 Å². The van der Waals surface area contributed by atoms with E-state index in [4.69, 9.17) is 5.73 Å². The maximum atomic E-state index is 11.4. The average Bonchev–Trinajstić information content (AvgIpc) is 2.31. The minimum Gasteiger partial charge on any atom is -0.465 e. The van der Waals surface area contributed by atoms with Crippen molar-refractivity contribution < 1.29 is 9.53 Å². The third-order valence-corrected chi connectivity index (χ3v) is 3.03. The van der Waals surface area contributed by atoms with Crippen LogP contribution in [0.2, 0.25) is 0 Å². The van der Waals surface area contributed by atoms with Crippen LogP contribution in [0.4, 0.5) is 11.5 Å². The molecule has 0 fully saturated rings. The number of nitrogens with zero attached hydrogens (tertiary/aromatic N) is 1. The number of methoxy groups -OCH3 is 1. The van der Waals surface area contributed by atoms with Crippen LogP contribution in [-0.2, 0) is 4.74 Å². The summed E-state index contributed by atoms with van der Waals surface area (Å²) in [6.07, 6.45) is 3.57. The van der Waals surface area contributed by atoms with Crippen LogP contribution >= 0.6 is 11.8 Å². The van der Waals surface area contributed by atoms with E-state index in [1.54, 1.807) is 17.8 Å². The molecular weight excluding hydrogens is 238 g/mol. The average molecular weight is 255 g/mol. The molecule has 1 aromatic heterocycles. The number of nitrogen functional groups attached to an aromatic ring is 1. The maximum absolute atomic E-state index is 11.4. The molecule has 0 saturated carbocycles. The van der Waals surface area contributed by atoms with Gasteiger partial charge in [0.25, 0.3) is 0 Å². The number of nitrogens with one attached hydrogen (secondary N) is 1. The van der Waals surface area contributed by atoms with Crippen molar-refractivity contribution in [3.8, 4) is 0 Å². The van der Waals surface area contributed by atoms with E-state index in [0.717, 1.165) is 5.75 Å². The molecule has 1 aromatic rings. The topological polar surface area (TPSA) is 77.2 Å². The number of carbonyl (C=O) groups excluding carboxylic acids is 1. The Morgan fingerprint density at radius 2 is 2.41 bits per heavy atom. The first-order valence-electron chi connectivity index (χ1n) is 5.18. The molecule has 17 heavy (non-hydrogen) atoms. The molecule has 3 N–H and O–H groups in total. The zero-order valence-corrected chi connectivity index (χ0v) is 11.0. The SMILES string of the molecule is COC(=O)c1ccnc(NC(C)CSC)c1N. The summed E-state index contributed by atoms with van der Waals surface area (Å²) in [6.45, 7) is 2.03. The van der Waals surface area contributed by atoms with Crippen LogP contribution in [0.5, 0.6) is 0 Å². The fraction of sp³-hybridized carbons (Fsp3) is 0.455. The number of carbonyl (C=O) groups is 1. The van der Waals surface area contributed by atoms with E-state index < -0.39 is 5.97 Å². The molecule has 0 spiro atoms. The molecule has 1 rings (SSSR count). The number of thioether (sulfide) groups is 1. The van der Waals surface area contributed by atoms with Gasteiger partial charge in [-0.1, -0.05) is 0 Å². The number of aromatic nitrogens is 1. The summed E-state index contributed by atoms with van der Waals surface area (Å²) >= 11 is 1.73. The Labute approximate surface area is 105 Å². The predicted molar refractivity (Wildman–Crippen MR) is 71.5 cm³/mol. The van der Waals surface area contributed by atoms with Gasteiger partial charge < -0.3 is 15.8 Å². The van der Waals surface area contributed by atoms with Gasteiger partial charge in [-0.15, -0.1) is 0 Å². The number of ether oxygens (including phenoxy) is 1. The third kappa shape index (κ3) is 3.52. The summed E-state index contributed by atoms with van der Waals surface area (Å²) in [5.74, 6) is 1.00. The van der Waals surface area contributed by atoms with Gasteiger partial charge in [0.1, 0.15) is 5.82 Å². The Hall–Kier alpha value is -1.43. The molecule has 6 heteroatoms. The highest BCUT2D eigenvalue weighted by Crippen LogP contribution is 2.21. The number of nitrogens with two attached hydrogens (primary N) is 1. The van der Waals surface area contributed by atoms with Crippen molar-refractivity contribution in [1.82, 2.24) is 4.98 Å². The van der Waals surface area contributed by atoms with Gasteiger partial charge in [0, 0.05) is 18.0 Å². The van der Waals surface area contributed by atoms with E-state index in [-0.39, 0.29) is 6.04 Å². The van der Waals surface area contributed by atoms with Gasteiger partial charge in [0.2, 0.25) is 0 Å². The summed E-state index contributed by atoms with van der Waals surface area (Å²) in [6, 6.07) is 1.78. The number of rotatable bonds is 5. The smallest absolute Gasteiger partial charge is 0.340 e. The Kier molecular flexibility index (Phi) is 5.09. The molecule has 0 aliphatic rings. The standard InChI is InChI=1S/C11H17N3O2S/c1-7(6-17-3)14-10-9(12)8(4-5-13-10)11(15)16-2/h4-5,7H,6,12H2,1-3H3,(H,13,14). The molecule has 0 amide bonds. The first kappa shape index (κ1) is 13.6. The lowest BCUT2D eigenvalue weighted by Crippen LogP contribution is -2.20. The maximum Gasteiger partial charge on any atom is 0.340 e. The highest BCUT2D eigenvalue weighted by molar-refractivity contribution is 7.98. The second-order valence-corrected chi connectivity index (χ2v) is 4.52. The summed E-state index contributed by atoms with van der Waals surface area (Å²) in [4.78, 5) is 15.6. The van der Waals surface area contributed by atoms with E-state index in [0.29, 0.717) is 17.1 Å². The minimum absolute atomic E-state index is 0.229. The number of hydrogen-bond donors (Lipinski definition) is 2. The molecule has 1 heterocycles. The minimum atomic E-state index is -0.453. The van der Waals surface area contributed by atoms with Crippen molar-refractivity contribution in [2.24, 2.45) is 0 Å². The van der Waals surface area contributed by atoms with Crippen LogP contribution in [0.15, 0.2) is 12.3 Å². The van der Waals surface area contributed by atoms with Crippen LogP contribution < -0.4 is 11.1 Å². The lowest BCUT2D eigenvalue weighted by atomic mass is 10.2. The van der Waals surface area contributed by atoms with E-state index in [1.807, 2.05) is 13.2 Å². The Morgan fingerprint density at radius 1 is 1.71 bits per heavy atom. The van der Waals surface area contributed by atoms with Crippen molar-refractivity contribution in [3.05, 3.63) is 17.8 Å². The van der Waals surface area contributed by atoms with Crippen LogP contribution in [0.3, 0.4) is 0 Å². The molecule has 0 radical (unpaired) electrons. The molecular formula is C11H17N3O2S. The number of anilines is 2. The molecule has 0 aromatic carbocycles. The number of hydrogen-bond acceptors (Lipinski definition) is 6. The third-order valence-electron chi connectivity index (χ3n) is 2.20. The van der Waals surface area contributed by atoms with Gasteiger partial charge >= 0.3 is 5.97 Å². The van der Waals surface area contributed by atoms with Crippen molar-refractivity contribution in [2.75, 3.05) is 30.2 Å². The van der Waals surface area contributed by atoms with Crippen molar-refractivity contribution >= 4 is 29.2 Å². The first-order chi connectivity index (χ1) is 8.10. The summed E-state index contributed by atoms with van der Waals surface area (Å²) in [5, 5.41) is 3.17. The monoisotopic (exact) mass is 255 g/mol. The fourth-order valence-electron chi connectivity index (χ4n) is 1.40. The van der Waals surface area contributed by atoms with Crippen molar-refractivity contribution in [2.45, 2.75) is 13.0 Å². The van der Waals surface area contributed by atoms with Gasteiger partial charge in [-0.2, -0.15) is 11.8 Å². The van der Waals surface area contributed by atoms with Gasteiger partial charge in [0.05, 0.1) is 18.4 Å². The molecule has 0 aliphatic heterocycles. The van der Waals surface area contributed by atoms with Crippen molar-refractivity contribution in [3.63, 3.8) is 0 Å². The summed E-state index contributed by atoms with van der Waals surface area (Å²) in [7, 11) is 1.33. The largest absolute Gasteiger partial charge is 0.465 e. The van der Waals surface area contributed by atoms with Gasteiger partial charge in [-0.25, -0.2) is 9.78 Å². The normalized spacial score (nSPS) is 11.9. The lowest BCUT2D eigenvalue weighted by molar-refractivity contribution is 0.0602. The number of esters is 1. The molecule has 1 unspecified atom stereocenters. The van der Waals surface area contributed by atoms with Crippen molar-refractivity contribution in [1.29, 1.82) is 0 Å². The Morgan fingerprint density at radius 3 is 3.00 bits per heavy atom. The zero-order valence-electron chi connectivity index (χ0n) is 10.2. The molecule has 0 aliphatic carbocycles. The molecule has 94 valence electrons. The molecule has 1 atom stereocenters. The number of pyridine rings is 1. The van der Waals surface area contributed by atoms with E-state index in [9.17, 15) is 4.79 Å². The quantitative estimate of drug-likeness (QED) is 0.778. The van der Waals surface area contributed by atoms with Crippen LogP contribution in [-0.4, -0.2) is 36.1 Å². The molecule has 0 saturated heterocycles. The highest BCUT2D eigenvalue weighted by Gasteiger charge is 2.14. The molecule has 5 nitrogen and oxygen atoms in total. The van der Waals surface area contributed by atoms with E-state index in [1.165, 1.54) is 13.3 Å². The summed E-state index contributed by atoms with van der Waals surface area (Å²) in [5.41, 5.74) is 6.53. The van der Waals surface area contributed by atoms with E-state index in [2.05, 4.69) is 15.0 Å².